The molecule has 0 radical (unpaired) electrons. The molecule has 2 nitrogen and oxygen atoms in total. The molecular weight excluding hydrogens is 184 g/mol. The third-order valence-electron chi connectivity index (χ3n) is 2.81. The number of benzene rings is 1. The Hall–Kier alpha value is -1.31. The molecule has 15 heavy (non-hydrogen) atoms. The smallest absolute Gasteiger partial charge is 0.0682 e. The first-order valence-electron chi connectivity index (χ1n) is 5.48. The molecule has 0 spiro atoms. The summed E-state index contributed by atoms with van der Waals surface area (Å²) in [5.41, 5.74) is 2.80. The van der Waals surface area contributed by atoms with Gasteiger partial charge in [-0.15, -0.1) is 0 Å². The van der Waals surface area contributed by atoms with Gasteiger partial charge in [0.2, 0.25) is 0 Å². The van der Waals surface area contributed by atoms with Crippen molar-refractivity contribution >= 4 is 10.9 Å². The molecule has 2 heteroatoms. The van der Waals surface area contributed by atoms with Gasteiger partial charge in [0.1, 0.15) is 0 Å². The van der Waals surface area contributed by atoms with E-state index in [4.69, 9.17) is 0 Å². The highest BCUT2D eigenvalue weighted by molar-refractivity contribution is 5.79. The fourth-order valence-electron chi connectivity index (χ4n) is 1.81. The summed E-state index contributed by atoms with van der Waals surface area (Å²) < 4.78 is 2.03. The topological polar surface area (TPSA) is 17.8 Å². The monoisotopic (exact) mass is 202 g/mol. The van der Waals surface area contributed by atoms with Crippen LogP contribution in [0, 0.1) is 0 Å². The molecule has 0 amide bonds. The minimum atomic E-state index is 0.211. The fourth-order valence-corrected chi connectivity index (χ4v) is 1.81. The molecule has 1 aromatic heterocycles. The molecule has 0 aliphatic carbocycles. The van der Waals surface area contributed by atoms with Crippen molar-refractivity contribution in [2.45, 2.75) is 39.7 Å². The van der Waals surface area contributed by atoms with Gasteiger partial charge < -0.3 is 0 Å². The molecule has 0 saturated heterocycles. The largest absolute Gasteiger partial charge is 0.265 e. The highest BCUT2D eigenvalue weighted by Crippen LogP contribution is 2.25. The number of aromatic nitrogens is 2. The van der Waals surface area contributed by atoms with E-state index in [0.29, 0.717) is 0 Å². The van der Waals surface area contributed by atoms with E-state index in [1.54, 1.807) is 0 Å². The van der Waals surface area contributed by atoms with Gasteiger partial charge in [-0.25, -0.2) is 0 Å². The van der Waals surface area contributed by atoms with Crippen molar-refractivity contribution in [3.05, 3.63) is 30.0 Å². The van der Waals surface area contributed by atoms with Crippen molar-refractivity contribution in [3.63, 3.8) is 0 Å². The number of hydrogen-bond donors (Lipinski definition) is 0. The Morgan fingerprint density at radius 3 is 2.60 bits per heavy atom. The normalized spacial score (nSPS) is 12.3. The summed E-state index contributed by atoms with van der Waals surface area (Å²) >= 11 is 0. The molecule has 2 rings (SSSR count). The van der Waals surface area contributed by atoms with Crippen molar-refractivity contribution in [2.75, 3.05) is 0 Å². The van der Waals surface area contributed by atoms with Crippen LogP contribution in [0.2, 0.25) is 0 Å². The highest BCUT2D eigenvalue weighted by Gasteiger charge is 2.14. The molecule has 0 aliphatic rings. The molecule has 80 valence electrons. The van der Waals surface area contributed by atoms with Gasteiger partial charge in [0.25, 0.3) is 0 Å². The van der Waals surface area contributed by atoms with Crippen LogP contribution in [0.4, 0.5) is 0 Å². The van der Waals surface area contributed by atoms with Crippen molar-refractivity contribution < 1.29 is 0 Å². The average molecular weight is 202 g/mol. The Labute approximate surface area is 90.9 Å². The van der Waals surface area contributed by atoms with Gasteiger partial charge in [-0.1, -0.05) is 26.8 Å². The van der Waals surface area contributed by atoms with E-state index in [1.165, 1.54) is 16.5 Å². The lowest BCUT2D eigenvalue weighted by molar-refractivity contribution is 0.591. The van der Waals surface area contributed by atoms with E-state index in [1.807, 2.05) is 10.9 Å². The predicted molar refractivity (Wildman–Crippen MR) is 64.1 cm³/mol. The minimum absolute atomic E-state index is 0.211. The first-order chi connectivity index (χ1) is 7.02. The lowest BCUT2D eigenvalue weighted by Gasteiger charge is -2.18. The maximum atomic E-state index is 4.35. The van der Waals surface area contributed by atoms with E-state index in [9.17, 15) is 0 Å². The molecule has 2 aromatic rings. The van der Waals surface area contributed by atoms with E-state index in [0.717, 1.165) is 6.54 Å². The first kappa shape index (κ1) is 10.2. The Balaban J connectivity index is 2.58. The summed E-state index contributed by atoms with van der Waals surface area (Å²) in [6, 6.07) is 6.62. The van der Waals surface area contributed by atoms with Crippen LogP contribution in [0.5, 0.6) is 0 Å². The molecular formula is C13H18N2. The van der Waals surface area contributed by atoms with E-state index in [2.05, 4.69) is 51.0 Å². The molecule has 0 aliphatic heterocycles. The van der Waals surface area contributed by atoms with Crippen LogP contribution >= 0.6 is 0 Å². The minimum Gasteiger partial charge on any atom is -0.265 e. The lowest BCUT2D eigenvalue weighted by atomic mass is 9.86. The summed E-state index contributed by atoms with van der Waals surface area (Å²) in [5.74, 6) is 0. The number of aryl methyl sites for hydroxylation is 1. The molecule has 0 saturated carbocycles. The average Bonchev–Trinajstić information content (AvgIpc) is 2.58. The molecule has 0 N–H and O–H groups in total. The number of nitrogens with zero attached hydrogens (tertiary/aromatic N) is 2. The summed E-state index contributed by atoms with van der Waals surface area (Å²) in [5, 5.41) is 5.59. The second-order valence-electron chi connectivity index (χ2n) is 4.98. The number of fused-ring (bicyclic) bond motifs is 1. The van der Waals surface area contributed by atoms with Gasteiger partial charge >= 0.3 is 0 Å². The summed E-state index contributed by atoms with van der Waals surface area (Å²) in [4.78, 5) is 0. The Bertz CT molecular complexity index is 475. The molecule has 0 unspecified atom stereocenters. The molecule has 0 fully saturated rings. The van der Waals surface area contributed by atoms with Crippen LogP contribution in [0.15, 0.2) is 24.4 Å². The summed E-state index contributed by atoms with van der Waals surface area (Å²) in [7, 11) is 0. The van der Waals surface area contributed by atoms with Gasteiger partial charge in [-0.3, -0.25) is 4.68 Å². The van der Waals surface area contributed by atoms with Gasteiger partial charge in [0.05, 0.1) is 11.7 Å². The quantitative estimate of drug-likeness (QED) is 0.693. The van der Waals surface area contributed by atoms with Crippen LogP contribution in [-0.2, 0) is 12.0 Å². The Kier molecular flexibility index (Phi) is 2.29. The third kappa shape index (κ3) is 1.76. The van der Waals surface area contributed by atoms with Gasteiger partial charge in [-0.05, 0) is 30.0 Å². The summed E-state index contributed by atoms with van der Waals surface area (Å²) in [6.45, 7) is 9.75. The molecule has 1 aromatic carbocycles. The predicted octanol–water partition coefficient (Wildman–Crippen LogP) is 3.35. The van der Waals surface area contributed by atoms with Crippen molar-refractivity contribution in [1.82, 2.24) is 9.78 Å². The second-order valence-corrected chi connectivity index (χ2v) is 4.98. The Morgan fingerprint density at radius 2 is 2.00 bits per heavy atom. The maximum absolute atomic E-state index is 4.35. The standard InChI is InChI=1S/C13H18N2/c1-5-15-12-7-6-11(13(2,3)4)8-10(12)9-14-15/h6-9H,5H2,1-4H3. The fraction of sp³-hybridized carbons (Fsp3) is 0.462. The van der Waals surface area contributed by atoms with Gasteiger partial charge in [0.15, 0.2) is 0 Å². The zero-order valence-electron chi connectivity index (χ0n) is 9.91. The van der Waals surface area contributed by atoms with Crippen LogP contribution in [0.3, 0.4) is 0 Å². The zero-order valence-corrected chi connectivity index (χ0v) is 9.91. The van der Waals surface area contributed by atoms with Crippen molar-refractivity contribution in [1.29, 1.82) is 0 Å². The van der Waals surface area contributed by atoms with E-state index in [-0.39, 0.29) is 5.41 Å². The van der Waals surface area contributed by atoms with E-state index < -0.39 is 0 Å². The maximum Gasteiger partial charge on any atom is 0.0682 e. The highest BCUT2D eigenvalue weighted by atomic mass is 15.3. The Morgan fingerprint density at radius 1 is 1.27 bits per heavy atom. The first-order valence-corrected chi connectivity index (χ1v) is 5.48. The molecule has 0 bridgehead atoms. The summed E-state index contributed by atoms with van der Waals surface area (Å²) in [6.07, 6.45) is 1.95. The molecule has 1 heterocycles. The lowest BCUT2D eigenvalue weighted by Crippen LogP contribution is -2.10. The van der Waals surface area contributed by atoms with Crippen molar-refractivity contribution in [2.24, 2.45) is 0 Å². The van der Waals surface area contributed by atoms with Crippen LogP contribution in [-0.4, -0.2) is 9.78 Å². The zero-order chi connectivity index (χ0) is 11.1. The van der Waals surface area contributed by atoms with E-state index >= 15 is 0 Å². The van der Waals surface area contributed by atoms with Crippen molar-refractivity contribution in [3.8, 4) is 0 Å². The third-order valence-corrected chi connectivity index (χ3v) is 2.81. The van der Waals surface area contributed by atoms with Crippen LogP contribution in [0.1, 0.15) is 33.3 Å². The van der Waals surface area contributed by atoms with Gasteiger partial charge in [-0.2, -0.15) is 5.10 Å². The van der Waals surface area contributed by atoms with Gasteiger partial charge in [0, 0.05) is 11.9 Å². The van der Waals surface area contributed by atoms with Crippen LogP contribution < -0.4 is 0 Å². The molecule has 0 atom stereocenters. The second kappa shape index (κ2) is 3.37. The number of rotatable bonds is 1. The van der Waals surface area contributed by atoms with Crippen LogP contribution in [0.25, 0.3) is 10.9 Å². The number of hydrogen-bond acceptors (Lipinski definition) is 1. The SMILES string of the molecule is CCn1ncc2cc(C(C)(C)C)ccc21.